The molecule has 0 aliphatic carbocycles. The third kappa shape index (κ3) is 6.13. The van der Waals surface area contributed by atoms with Gasteiger partial charge in [0.1, 0.15) is 4.32 Å². The molecule has 0 aromatic heterocycles. The van der Waals surface area contributed by atoms with E-state index in [1.165, 1.54) is 40.9 Å². The van der Waals surface area contributed by atoms with E-state index < -0.39 is 5.97 Å². The van der Waals surface area contributed by atoms with Crippen molar-refractivity contribution < 1.29 is 19.5 Å². The van der Waals surface area contributed by atoms with Crippen molar-refractivity contribution in [2.75, 3.05) is 11.9 Å². The first-order valence-electron chi connectivity index (χ1n) is 9.45. The standard InChI is InChI=1S/C23H20N2O4S2/c1-15(13-16-5-3-2-4-6-16)14-19-21(27)25(23(30)31-19)12-11-20(26)24-18-9-7-17(8-10-18)22(28)29/h2-10,13-14H,11-12H2,1H3,(H,24,26)(H,28,29)/b15-13+,19-14+. The van der Waals surface area contributed by atoms with Crippen molar-refractivity contribution >= 4 is 57.8 Å². The highest BCUT2D eigenvalue weighted by atomic mass is 32.2. The summed E-state index contributed by atoms with van der Waals surface area (Å²) in [4.78, 5) is 37.8. The number of thioether (sulfide) groups is 1. The molecule has 0 radical (unpaired) electrons. The Morgan fingerprint density at radius 1 is 1.13 bits per heavy atom. The maximum Gasteiger partial charge on any atom is 0.335 e. The Morgan fingerprint density at radius 3 is 2.45 bits per heavy atom. The van der Waals surface area contributed by atoms with Crippen molar-refractivity contribution in [3.05, 3.63) is 82.3 Å². The summed E-state index contributed by atoms with van der Waals surface area (Å²) in [7, 11) is 0. The van der Waals surface area contributed by atoms with Crippen molar-refractivity contribution in [1.29, 1.82) is 0 Å². The van der Waals surface area contributed by atoms with Gasteiger partial charge in [0.15, 0.2) is 0 Å². The Hall–Kier alpha value is -3.23. The van der Waals surface area contributed by atoms with Crippen molar-refractivity contribution in [1.82, 2.24) is 4.90 Å². The zero-order valence-corrected chi connectivity index (χ0v) is 18.3. The summed E-state index contributed by atoms with van der Waals surface area (Å²) in [5.74, 6) is -1.54. The van der Waals surface area contributed by atoms with Gasteiger partial charge in [0.2, 0.25) is 5.91 Å². The van der Waals surface area contributed by atoms with E-state index in [0.717, 1.165) is 11.1 Å². The van der Waals surface area contributed by atoms with Crippen LogP contribution in [0.4, 0.5) is 5.69 Å². The fourth-order valence-electron chi connectivity index (χ4n) is 2.89. The number of hydrogen-bond donors (Lipinski definition) is 2. The summed E-state index contributed by atoms with van der Waals surface area (Å²) >= 11 is 6.54. The number of carboxylic acid groups (broad SMARTS) is 1. The van der Waals surface area contributed by atoms with Gasteiger partial charge < -0.3 is 10.4 Å². The molecule has 31 heavy (non-hydrogen) atoms. The molecule has 1 heterocycles. The van der Waals surface area contributed by atoms with Gasteiger partial charge in [0, 0.05) is 18.7 Å². The first kappa shape index (κ1) is 22.5. The molecule has 0 bridgehead atoms. The molecule has 0 atom stereocenters. The number of benzene rings is 2. The molecule has 1 aliphatic heterocycles. The zero-order valence-electron chi connectivity index (χ0n) is 16.7. The van der Waals surface area contributed by atoms with Gasteiger partial charge in [-0.05, 0) is 48.4 Å². The normalized spacial score (nSPS) is 15.5. The van der Waals surface area contributed by atoms with E-state index >= 15 is 0 Å². The molecule has 6 nitrogen and oxygen atoms in total. The van der Waals surface area contributed by atoms with E-state index in [1.54, 1.807) is 6.08 Å². The first-order valence-corrected chi connectivity index (χ1v) is 10.7. The number of aromatic carboxylic acids is 1. The van der Waals surface area contributed by atoms with Gasteiger partial charge in [-0.25, -0.2) is 4.79 Å². The van der Waals surface area contributed by atoms with E-state index in [-0.39, 0.29) is 30.3 Å². The number of thiocarbonyl (C=S) groups is 1. The van der Waals surface area contributed by atoms with Crippen LogP contribution >= 0.6 is 24.0 Å². The molecule has 1 saturated heterocycles. The molecule has 2 N–H and O–H groups in total. The molecule has 2 amide bonds. The van der Waals surface area contributed by atoms with Gasteiger partial charge in [-0.15, -0.1) is 0 Å². The third-order valence-corrected chi connectivity index (χ3v) is 5.78. The lowest BCUT2D eigenvalue weighted by Crippen LogP contribution is -2.31. The first-order chi connectivity index (χ1) is 14.8. The van der Waals surface area contributed by atoms with E-state index in [1.807, 2.05) is 43.3 Å². The number of carbonyl (C=O) groups excluding carboxylic acids is 2. The molecular weight excluding hydrogens is 432 g/mol. The van der Waals surface area contributed by atoms with Gasteiger partial charge >= 0.3 is 5.97 Å². The average molecular weight is 453 g/mol. The number of nitrogens with one attached hydrogen (secondary N) is 1. The minimum Gasteiger partial charge on any atom is -0.478 e. The number of nitrogens with zero attached hydrogens (tertiary/aromatic N) is 1. The molecule has 1 fully saturated rings. The summed E-state index contributed by atoms with van der Waals surface area (Å²) in [5, 5.41) is 11.6. The highest BCUT2D eigenvalue weighted by Crippen LogP contribution is 2.32. The number of anilines is 1. The molecule has 3 rings (SSSR count). The van der Waals surface area contributed by atoms with Crippen LogP contribution in [0.1, 0.15) is 29.3 Å². The quantitative estimate of drug-likeness (QED) is 0.473. The van der Waals surface area contributed by atoms with E-state index in [2.05, 4.69) is 5.32 Å². The zero-order chi connectivity index (χ0) is 22.4. The Balaban J connectivity index is 1.57. The van der Waals surface area contributed by atoms with Crippen LogP contribution in [0.15, 0.2) is 71.2 Å². The highest BCUT2D eigenvalue weighted by molar-refractivity contribution is 8.26. The van der Waals surface area contributed by atoms with Gasteiger partial charge in [0.25, 0.3) is 5.91 Å². The molecule has 1 aliphatic rings. The Labute approximate surface area is 189 Å². The SMILES string of the molecule is CC(=C\c1ccccc1)/C=C1/SC(=S)N(CCC(=O)Nc2ccc(C(=O)O)cc2)C1=O. The number of rotatable bonds is 7. The predicted octanol–water partition coefficient (Wildman–Crippen LogP) is 4.56. The van der Waals surface area contributed by atoms with Crippen molar-refractivity contribution in [2.24, 2.45) is 0 Å². The summed E-state index contributed by atoms with van der Waals surface area (Å²) in [5.41, 5.74) is 2.59. The van der Waals surface area contributed by atoms with Crippen LogP contribution in [0, 0.1) is 0 Å². The van der Waals surface area contributed by atoms with Crippen LogP contribution in [0.5, 0.6) is 0 Å². The number of hydrogen-bond acceptors (Lipinski definition) is 5. The van der Waals surface area contributed by atoms with E-state index in [9.17, 15) is 14.4 Å². The van der Waals surface area contributed by atoms with Crippen LogP contribution in [0.3, 0.4) is 0 Å². The molecule has 8 heteroatoms. The summed E-state index contributed by atoms with van der Waals surface area (Å²) in [6.45, 7) is 2.09. The van der Waals surface area contributed by atoms with E-state index in [4.69, 9.17) is 17.3 Å². The molecule has 0 unspecified atom stereocenters. The third-order valence-electron chi connectivity index (χ3n) is 4.40. The van der Waals surface area contributed by atoms with Gasteiger partial charge in [0.05, 0.1) is 10.5 Å². The fourth-order valence-corrected chi connectivity index (χ4v) is 4.24. The molecule has 158 valence electrons. The van der Waals surface area contributed by atoms with Gasteiger partial charge in [-0.3, -0.25) is 14.5 Å². The maximum atomic E-state index is 12.7. The molecular formula is C23H20N2O4S2. The van der Waals surface area contributed by atoms with Crippen LogP contribution < -0.4 is 5.32 Å². The monoisotopic (exact) mass is 452 g/mol. The minimum absolute atomic E-state index is 0.0687. The Bertz CT molecular complexity index is 1080. The predicted molar refractivity (Wildman–Crippen MR) is 127 cm³/mol. The van der Waals surface area contributed by atoms with Crippen molar-refractivity contribution in [3.63, 3.8) is 0 Å². The van der Waals surface area contributed by atoms with Crippen LogP contribution in [0.25, 0.3) is 6.08 Å². The lowest BCUT2D eigenvalue weighted by atomic mass is 10.1. The average Bonchev–Trinajstić information content (AvgIpc) is 3.00. The number of carbonyl (C=O) groups is 3. The molecule has 2 aromatic rings. The highest BCUT2D eigenvalue weighted by Gasteiger charge is 2.32. The molecule has 0 saturated carbocycles. The number of carboxylic acids is 1. The number of amides is 2. The Morgan fingerprint density at radius 2 is 1.81 bits per heavy atom. The lowest BCUT2D eigenvalue weighted by Gasteiger charge is -2.14. The van der Waals surface area contributed by atoms with Gasteiger partial charge in [-0.2, -0.15) is 0 Å². The number of allylic oxidation sites excluding steroid dienone is 2. The topological polar surface area (TPSA) is 86.7 Å². The van der Waals surface area contributed by atoms with Gasteiger partial charge in [-0.1, -0.05) is 60.4 Å². The van der Waals surface area contributed by atoms with Crippen LogP contribution in [-0.4, -0.2) is 38.7 Å². The van der Waals surface area contributed by atoms with Crippen molar-refractivity contribution in [3.8, 4) is 0 Å². The second kappa shape index (κ2) is 10.2. The summed E-state index contributed by atoms with van der Waals surface area (Å²) < 4.78 is 0.419. The van der Waals surface area contributed by atoms with Crippen molar-refractivity contribution in [2.45, 2.75) is 13.3 Å². The molecule has 0 spiro atoms. The second-order valence-electron chi connectivity index (χ2n) is 6.81. The summed E-state index contributed by atoms with van der Waals surface area (Å²) in [6.07, 6.45) is 3.85. The smallest absolute Gasteiger partial charge is 0.335 e. The van der Waals surface area contributed by atoms with Crippen LogP contribution in [0.2, 0.25) is 0 Å². The lowest BCUT2D eigenvalue weighted by molar-refractivity contribution is -0.122. The Kier molecular flexibility index (Phi) is 7.38. The minimum atomic E-state index is -1.03. The second-order valence-corrected chi connectivity index (χ2v) is 8.49. The maximum absolute atomic E-state index is 12.7. The fraction of sp³-hybridized carbons (Fsp3) is 0.130. The summed E-state index contributed by atoms with van der Waals surface area (Å²) in [6, 6.07) is 15.7. The molecule has 2 aromatic carbocycles. The van der Waals surface area contributed by atoms with Crippen LogP contribution in [-0.2, 0) is 9.59 Å². The largest absolute Gasteiger partial charge is 0.478 e. The van der Waals surface area contributed by atoms with E-state index in [0.29, 0.717) is 14.9 Å².